The van der Waals surface area contributed by atoms with Crippen LogP contribution in [0.4, 0.5) is 0 Å². The summed E-state index contributed by atoms with van der Waals surface area (Å²) in [6.07, 6.45) is 1.17. The second-order valence-corrected chi connectivity index (χ2v) is 6.90. The SMILES string of the molecule is Cn1c2c(c3ccccc31)C[N@@+](C)(Cc1ccccc1)CC2. The highest BCUT2D eigenvalue weighted by atomic mass is 15.3. The minimum absolute atomic E-state index is 1.10. The van der Waals surface area contributed by atoms with Crippen molar-refractivity contribution in [1.82, 2.24) is 4.57 Å². The molecule has 3 aromatic rings. The number of fused-ring (bicyclic) bond motifs is 3. The molecule has 22 heavy (non-hydrogen) atoms. The molecule has 0 saturated carbocycles. The molecule has 0 saturated heterocycles. The highest BCUT2D eigenvalue weighted by Gasteiger charge is 2.32. The molecule has 2 aromatic carbocycles. The van der Waals surface area contributed by atoms with Gasteiger partial charge in [0.2, 0.25) is 0 Å². The molecule has 4 rings (SSSR count). The van der Waals surface area contributed by atoms with Crippen LogP contribution in [0.25, 0.3) is 10.9 Å². The fourth-order valence-electron chi connectivity index (χ4n) is 4.02. The maximum Gasteiger partial charge on any atom is 0.107 e. The van der Waals surface area contributed by atoms with Gasteiger partial charge in [0, 0.05) is 41.2 Å². The summed E-state index contributed by atoms with van der Waals surface area (Å²) in [4.78, 5) is 0. The van der Waals surface area contributed by atoms with Gasteiger partial charge in [0.15, 0.2) is 0 Å². The van der Waals surface area contributed by atoms with Gasteiger partial charge in [-0.05, 0) is 6.07 Å². The Kier molecular flexibility index (Phi) is 3.08. The Morgan fingerprint density at radius 3 is 2.55 bits per heavy atom. The van der Waals surface area contributed by atoms with Gasteiger partial charge in [-0.15, -0.1) is 0 Å². The fraction of sp³-hybridized carbons (Fsp3) is 0.300. The zero-order valence-corrected chi connectivity index (χ0v) is 13.4. The monoisotopic (exact) mass is 291 g/mol. The molecule has 2 heterocycles. The fourth-order valence-corrected chi connectivity index (χ4v) is 4.02. The topological polar surface area (TPSA) is 4.93 Å². The number of aryl methyl sites for hydroxylation is 1. The second kappa shape index (κ2) is 4.99. The van der Waals surface area contributed by atoms with Crippen molar-refractivity contribution in [3.05, 3.63) is 71.4 Å². The summed E-state index contributed by atoms with van der Waals surface area (Å²) in [5.41, 5.74) is 5.90. The predicted octanol–water partition coefficient (Wildman–Crippen LogP) is 3.88. The van der Waals surface area contributed by atoms with Gasteiger partial charge in [-0.3, -0.25) is 0 Å². The van der Waals surface area contributed by atoms with Crippen LogP contribution in [-0.4, -0.2) is 22.6 Å². The predicted molar refractivity (Wildman–Crippen MR) is 91.5 cm³/mol. The van der Waals surface area contributed by atoms with Gasteiger partial charge in [0.25, 0.3) is 0 Å². The van der Waals surface area contributed by atoms with Crippen LogP contribution < -0.4 is 0 Å². The van der Waals surface area contributed by atoms with Crippen molar-refractivity contribution in [3.63, 3.8) is 0 Å². The van der Waals surface area contributed by atoms with Crippen LogP contribution in [0.3, 0.4) is 0 Å². The third kappa shape index (κ3) is 2.15. The highest BCUT2D eigenvalue weighted by molar-refractivity contribution is 5.85. The molecule has 0 unspecified atom stereocenters. The average Bonchev–Trinajstić information content (AvgIpc) is 2.81. The van der Waals surface area contributed by atoms with Gasteiger partial charge in [-0.1, -0.05) is 48.5 Å². The lowest BCUT2D eigenvalue weighted by molar-refractivity contribution is -0.937. The molecule has 0 bridgehead atoms. The molecule has 0 aliphatic carbocycles. The number of rotatable bonds is 2. The Bertz CT molecular complexity index is 816. The van der Waals surface area contributed by atoms with Crippen molar-refractivity contribution < 1.29 is 4.48 Å². The Balaban J connectivity index is 1.73. The molecule has 0 amide bonds. The van der Waals surface area contributed by atoms with E-state index in [9.17, 15) is 0 Å². The molecule has 0 fully saturated rings. The van der Waals surface area contributed by atoms with E-state index in [1.165, 1.54) is 35.1 Å². The molecular formula is C20H23N2+. The Hall–Kier alpha value is -2.06. The van der Waals surface area contributed by atoms with Gasteiger partial charge in [0.1, 0.15) is 13.1 Å². The van der Waals surface area contributed by atoms with E-state index in [4.69, 9.17) is 0 Å². The summed E-state index contributed by atoms with van der Waals surface area (Å²) in [6, 6.07) is 19.7. The quantitative estimate of drug-likeness (QED) is 0.631. The number of hydrogen-bond acceptors (Lipinski definition) is 0. The minimum atomic E-state index is 1.10. The van der Waals surface area contributed by atoms with Gasteiger partial charge in [-0.2, -0.15) is 0 Å². The summed E-state index contributed by atoms with van der Waals surface area (Å²) in [6.45, 7) is 3.46. The molecule has 2 heteroatoms. The van der Waals surface area contributed by atoms with E-state index in [1.807, 2.05) is 0 Å². The van der Waals surface area contributed by atoms with Crippen molar-refractivity contribution in [1.29, 1.82) is 0 Å². The van der Waals surface area contributed by atoms with Crippen molar-refractivity contribution >= 4 is 10.9 Å². The number of likely N-dealkylation sites (N-methyl/N-ethyl adjacent to an activating group) is 1. The van der Waals surface area contributed by atoms with E-state index >= 15 is 0 Å². The number of nitrogens with zero attached hydrogens (tertiary/aromatic N) is 2. The third-order valence-corrected chi connectivity index (χ3v) is 5.18. The summed E-state index contributed by atoms with van der Waals surface area (Å²) >= 11 is 0. The van der Waals surface area contributed by atoms with Crippen molar-refractivity contribution in [2.45, 2.75) is 19.5 Å². The molecule has 1 aliphatic rings. The third-order valence-electron chi connectivity index (χ3n) is 5.18. The summed E-state index contributed by atoms with van der Waals surface area (Å²) < 4.78 is 3.50. The van der Waals surface area contributed by atoms with Crippen LogP contribution in [0.1, 0.15) is 16.8 Å². The number of benzene rings is 2. The standard InChI is InChI=1S/C20H23N2/c1-21-19-11-7-6-10-17(19)18-15-22(2,13-12-20(18)21)14-16-8-4-3-5-9-16/h3-11H,12-15H2,1-2H3/q+1/t22-/m1/s1. The van der Waals surface area contributed by atoms with E-state index in [1.54, 1.807) is 5.56 Å². The van der Waals surface area contributed by atoms with Gasteiger partial charge in [0.05, 0.1) is 13.6 Å². The highest BCUT2D eigenvalue weighted by Crippen LogP contribution is 2.33. The molecule has 0 spiro atoms. The van der Waals surface area contributed by atoms with Crippen molar-refractivity contribution in [2.24, 2.45) is 7.05 Å². The van der Waals surface area contributed by atoms with Gasteiger partial charge >= 0.3 is 0 Å². The first-order valence-corrected chi connectivity index (χ1v) is 8.09. The normalized spacial score (nSPS) is 21.0. The van der Waals surface area contributed by atoms with Crippen molar-refractivity contribution in [3.8, 4) is 0 Å². The van der Waals surface area contributed by atoms with E-state index < -0.39 is 0 Å². The largest absolute Gasteiger partial charge is 0.347 e. The van der Waals surface area contributed by atoms with Crippen LogP contribution in [0.15, 0.2) is 54.6 Å². The number of para-hydroxylation sites is 1. The first kappa shape index (κ1) is 13.6. The van der Waals surface area contributed by atoms with Crippen LogP contribution in [-0.2, 0) is 26.6 Å². The number of quaternary nitrogens is 1. The zero-order chi connectivity index (χ0) is 15.2. The van der Waals surface area contributed by atoms with Gasteiger partial charge < -0.3 is 9.05 Å². The zero-order valence-electron chi connectivity index (χ0n) is 13.4. The minimum Gasteiger partial charge on any atom is -0.347 e. The Morgan fingerprint density at radius 1 is 1.00 bits per heavy atom. The van der Waals surface area contributed by atoms with Crippen LogP contribution in [0.5, 0.6) is 0 Å². The molecule has 1 atom stereocenters. The molecular weight excluding hydrogens is 268 g/mol. The van der Waals surface area contributed by atoms with E-state index in [2.05, 4.69) is 73.3 Å². The maximum atomic E-state index is 2.40. The lowest BCUT2D eigenvalue weighted by atomic mass is 10.0. The Morgan fingerprint density at radius 2 is 1.73 bits per heavy atom. The molecule has 1 aromatic heterocycles. The molecule has 0 radical (unpaired) electrons. The van der Waals surface area contributed by atoms with Crippen LogP contribution in [0, 0.1) is 0 Å². The number of aromatic nitrogens is 1. The smallest absolute Gasteiger partial charge is 0.107 e. The molecule has 0 N–H and O–H groups in total. The average molecular weight is 291 g/mol. The molecule has 112 valence electrons. The first-order valence-electron chi connectivity index (χ1n) is 8.09. The summed E-state index contributed by atoms with van der Waals surface area (Å²) in [5, 5.41) is 1.44. The van der Waals surface area contributed by atoms with E-state index in [0.717, 1.165) is 17.6 Å². The number of hydrogen-bond donors (Lipinski definition) is 0. The lowest BCUT2D eigenvalue weighted by Crippen LogP contribution is -2.46. The maximum absolute atomic E-state index is 2.40. The Labute approximate surface area is 132 Å². The molecule has 1 aliphatic heterocycles. The summed E-state index contributed by atoms with van der Waals surface area (Å²) in [7, 11) is 4.62. The molecule has 2 nitrogen and oxygen atoms in total. The van der Waals surface area contributed by atoms with Gasteiger partial charge in [-0.25, -0.2) is 0 Å². The van der Waals surface area contributed by atoms with Crippen LogP contribution in [0.2, 0.25) is 0 Å². The van der Waals surface area contributed by atoms with Crippen molar-refractivity contribution in [2.75, 3.05) is 13.6 Å². The second-order valence-electron chi connectivity index (χ2n) is 6.90. The first-order chi connectivity index (χ1) is 10.7. The van der Waals surface area contributed by atoms with E-state index in [0.29, 0.717) is 0 Å². The van der Waals surface area contributed by atoms with E-state index in [-0.39, 0.29) is 0 Å². The summed E-state index contributed by atoms with van der Waals surface area (Å²) in [5.74, 6) is 0. The van der Waals surface area contributed by atoms with Crippen LogP contribution >= 0.6 is 0 Å². The lowest BCUT2D eigenvalue weighted by Gasteiger charge is -2.38.